The summed E-state index contributed by atoms with van der Waals surface area (Å²) in [4.78, 5) is 12.5. The molecular weight excluding hydrogens is 410 g/mol. The Morgan fingerprint density at radius 2 is 1.65 bits per heavy atom. The maximum absolute atomic E-state index is 12.3. The molecule has 1 amide bonds. The monoisotopic (exact) mass is 437 g/mol. The Labute approximate surface area is 183 Å². The van der Waals surface area contributed by atoms with E-state index in [-0.39, 0.29) is 10.8 Å². The molecule has 0 atom stereocenters. The zero-order chi connectivity index (χ0) is 22.6. The van der Waals surface area contributed by atoms with Gasteiger partial charge in [-0.05, 0) is 75.4 Å². The van der Waals surface area contributed by atoms with E-state index in [1.54, 1.807) is 12.1 Å². The number of hydrogen-bond acceptors (Lipinski definition) is 3. The minimum atomic E-state index is -3.46. The van der Waals surface area contributed by atoms with Crippen LogP contribution in [-0.2, 0) is 21.4 Å². The van der Waals surface area contributed by atoms with Crippen molar-refractivity contribution in [3.05, 3.63) is 88.8 Å². The molecule has 31 heavy (non-hydrogen) atoms. The number of hydrogen-bond donors (Lipinski definition) is 2. The maximum atomic E-state index is 12.3. The van der Waals surface area contributed by atoms with Gasteiger partial charge in [0, 0.05) is 29.7 Å². The molecule has 162 valence electrons. The SMILES string of the molecule is CNS(=O)(=O)c1ccc(CNC(=O)/C=C/c2cc(C)n(-c3ccc(C)cc3)c2C)cc1. The summed E-state index contributed by atoms with van der Waals surface area (Å²) in [7, 11) is -2.09. The predicted molar refractivity (Wildman–Crippen MR) is 124 cm³/mol. The normalized spacial score (nSPS) is 11.7. The molecule has 7 heteroatoms. The van der Waals surface area contributed by atoms with Crippen LogP contribution in [0, 0.1) is 20.8 Å². The van der Waals surface area contributed by atoms with Crippen molar-refractivity contribution in [1.82, 2.24) is 14.6 Å². The fraction of sp³-hybridized carbons (Fsp3) is 0.208. The zero-order valence-electron chi connectivity index (χ0n) is 18.1. The van der Waals surface area contributed by atoms with Crippen LogP contribution < -0.4 is 10.0 Å². The molecule has 1 heterocycles. The van der Waals surface area contributed by atoms with E-state index < -0.39 is 10.0 Å². The second-order valence-electron chi connectivity index (χ2n) is 7.40. The fourth-order valence-electron chi connectivity index (χ4n) is 3.37. The van der Waals surface area contributed by atoms with E-state index in [2.05, 4.69) is 51.9 Å². The second kappa shape index (κ2) is 9.32. The summed E-state index contributed by atoms with van der Waals surface area (Å²) >= 11 is 0. The first kappa shape index (κ1) is 22.5. The quantitative estimate of drug-likeness (QED) is 0.554. The molecule has 0 radical (unpaired) electrons. The van der Waals surface area contributed by atoms with Crippen LogP contribution in [0.5, 0.6) is 0 Å². The first-order valence-corrected chi connectivity index (χ1v) is 11.4. The van der Waals surface area contributed by atoms with Crippen molar-refractivity contribution in [2.45, 2.75) is 32.2 Å². The van der Waals surface area contributed by atoms with Gasteiger partial charge in [-0.1, -0.05) is 29.8 Å². The topological polar surface area (TPSA) is 80.2 Å². The summed E-state index contributed by atoms with van der Waals surface area (Å²) in [5.41, 5.74) is 6.25. The number of nitrogens with zero attached hydrogens (tertiary/aromatic N) is 1. The third-order valence-electron chi connectivity index (χ3n) is 5.15. The zero-order valence-corrected chi connectivity index (χ0v) is 19.0. The van der Waals surface area contributed by atoms with Gasteiger partial charge in [0.05, 0.1) is 4.90 Å². The molecule has 0 fully saturated rings. The predicted octanol–water partition coefficient (Wildman–Crippen LogP) is 3.64. The van der Waals surface area contributed by atoms with Gasteiger partial charge >= 0.3 is 0 Å². The van der Waals surface area contributed by atoms with Crippen molar-refractivity contribution in [1.29, 1.82) is 0 Å². The third-order valence-corrected chi connectivity index (χ3v) is 6.58. The summed E-state index contributed by atoms with van der Waals surface area (Å²) in [6.45, 7) is 6.45. The smallest absolute Gasteiger partial charge is 0.244 e. The van der Waals surface area contributed by atoms with E-state index in [1.807, 2.05) is 19.9 Å². The van der Waals surface area contributed by atoms with Crippen molar-refractivity contribution < 1.29 is 13.2 Å². The largest absolute Gasteiger partial charge is 0.348 e. The van der Waals surface area contributed by atoms with Crippen LogP contribution in [0.1, 0.15) is 28.1 Å². The first-order chi connectivity index (χ1) is 14.7. The lowest BCUT2D eigenvalue weighted by molar-refractivity contribution is -0.116. The Morgan fingerprint density at radius 1 is 1.00 bits per heavy atom. The summed E-state index contributed by atoms with van der Waals surface area (Å²) < 4.78 is 28.0. The minimum absolute atomic E-state index is 0.189. The number of sulfonamides is 1. The van der Waals surface area contributed by atoms with Crippen LogP contribution in [0.25, 0.3) is 11.8 Å². The van der Waals surface area contributed by atoms with Crippen molar-refractivity contribution in [2.75, 3.05) is 7.05 Å². The van der Waals surface area contributed by atoms with Crippen LogP contribution in [-0.4, -0.2) is 25.9 Å². The number of aryl methyl sites for hydroxylation is 2. The second-order valence-corrected chi connectivity index (χ2v) is 9.29. The van der Waals surface area contributed by atoms with Gasteiger partial charge in [0.2, 0.25) is 15.9 Å². The summed E-state index contributed by atoms with van der Waals surface area (Å²) in [5.74, 6) is -0.216. The molecule has 0 spiro atoms. The average Bonchev–Trinajstić information content (AvgIpc) is 3.05. The van der Waals surface area contributed by atoms with Crippen LogP contribution in [0.2, 0.25) is 0 Å². The van der Waals surface area contributed by atoms with Crippen molar-refractivity contribution in [3.8, 4) is 5.69 Å². The van der Waals surface area contributed by atoms with Crippen LogP contribution in [0.4, 0.5) is 0 Å². The Bertz CT molecular complexity index is 1210. The summed E-state index contributed by atoms with van der Waals surface area (Å²) in [6.07, 6.45) is 3.33. The molecule has 1 aromatic heterocycles. The van der Waals surface area contributed by atoms with E-state index in [1.165, 1.54) is 30.8 Å². The van der Waals surface area contributed by atoms with Gasteiger partial charge in [-0.2, -0.15) is 0 Å². The van der Waals surface area contributed by atoms with E-state index in [0.717, 1.165) is 28.2 Å². The number of carbonyl (C=O) groups excluding carboxylic acids is 1. The highest BCUT2D eigenvalue weighted by Gasteiger charge is 2.11. The Morgan fingerprint density at radius 3 is 2.26 bits per heavy atom. The van der Waals surface area contributed by atoms with Crippen LogP contribution in [0.15, 0.2) is 65.6 Å². The van der Waals surface area contributed by atoms with E-state index >= 15 is 0 Å². The average molecular weight is 438 g/mol. The van der Waals surface area contributed by atoms with Gasteiger partial charge in [-0.15, -0.1) is 0 Å². The Kier molecular flexibility index (Phi) is 6.77. The molecule has 6 nitrogen and oxygen atoms in total. The molecule has 3 aromatic rings. The minimum Gasteiger partial charge on any atom is -0.348 e. The van der Waals surface area contributed by atoms with Crippen LogP contribution in [0.3, 0.4) is 0 Å². The third kappa shape index (κ3) is 5.31. The maximum Gasteiger partial charge on any atom is 0.244 e. The van der Waals surface area contributed by atoms with Gasteiger partial charge in [0.1, 0.15) is 0 Å². The molecular formula is C24H27N3O3S. The highest BCUT2D eigenvalue weighted by atomic mass is 32.2. The van der Waals surface area contributed by atoms with Crippen LogP contribution >= 0.6 is 0 Å². The number of nitrogens with one attached hydrogen (secondary N) is 2. The Balaban J connectivity index is 1.65. The molecule has 3 rings (SSSR count). The van der Waals surface area contributed by atoms with Gasteiger partial charge in [-0.25, -0.2) is 13.1 Å². The number of carbonyl (C=O) groups is 1. The fourth-order valence-corrected chi connectivity index (χ4v) is 4.10. The lowest BCUT2D eigenvalue weighted by Crippen LogP contribution is -2.21. The van der Waals surface area contributed by atoms with Gasteiger partial charge in [0.15, 0.2) is 0 Å². The van der Waals surface area contributed by atoms with Crippen molar-refractivity contribution in [2.24, 2.45) is 0 Å². The van der Waals surface area contributed by atoms with Crippen molar-refractivity contribution in [3.63, 3.8) is 0 Å². The van der Waals surface area contributed by atoms with E-state index in [0.29, 0.717) is 6.54 Å². The molecule has 0 unspecified atom stereocenters. The molecule has 0 saturated carbocycles. The lowest BCUT2D eigenvalue weighted by atomic mass is 10.2. The molecule has 2 N–H and O–H groups in total. The molecule has 0 aliphatic carbocycles. The first-order valence-electron chi connectivity index (χ1n) is 9.95. The van der Waals surface area contributed by atoms with Gasteiger partial charge in [-0.3, -0.25) is 4.79 Å². The Hall–Kier alpha value is -3.16. The summed E-state index contributed by atoms with van der Waals surface area (Å²) in [6, 6.07) is 16.8. The number of benzene rings is 2. The molecule has 0 aliphatic heterocycles. The standard InChI is InChI=1S/C24H27N3O3S/c1-17-5-10-22(11-6-17)27-18(2)15-21(19(27)3)9-14-24(28)26-16-20-7-12-23(13-8-20)31(29,30)25-4/h5-15,25H,16H2,1-4H3,(H,26,28)/b14-9+. The van der Waals surface area contributed by atoms with E-state index in [4.69, 9.17) is 0 Å². The highest BCUT2D eigenvalue weighted by molar-refractivity contribution is 7.89. The number of aromatic nitrogens is 1. The van der Waals surface area contributed by atoms with Gasteiger partial charge in [0.25, 0.3) is 0 Å². The molecule has 0 bridgehead atoms. The molecule has 0 aliphatic rings. The number of rotatable bonds is 7. The van der Waals surface area contributed by atoms with Gasteiger partial charge < -0.3 is 9.88 Å². The van der Waals surface area contributed by atoms with E-state index in [9.17, 15) is 13.2 Å². The summed E-state index contributed by atoms with van der Waals surface area (Å²) in [5, 5.41) is 2.82. The lowest BCUT2D eigenvalue weighted by Gasteiger charge is -2.10. The highest BCUT2D eigenvalue weighted by Crippen LogP contribution is 2.22. The number of amides is 1. The van der Waals surface area contributed by atoms with Crippen molar-refractivity contribution >= 4 is 22.0 Å². The molecule has 2 aromatic carbocycles. The molecule has 0 saturated heterocycles.